The Morgan fingerprint density at radius 3 is 2.61 bits per heavy atom. The molecule has 2 aromatic rings. The number of amides is 3. The first kappa shape index (κ1) is 20.3. The molecule has 0 aliphatic carbocycles. The fourth-order valence-corrected chi connectivity index (χ4v) is 4.33. The van der Waals surface area contributed by atoms with Gasteiger partial charge in [-0.05, 0) is 50.6 Å². The number of nitrogens with zero attached hydrogens (tertiary/aromatic N) is 2. The summed E-state index contributed by atoms with van der Waals surface area (Å²) in [6.45, 7) is 8.04. The molecule has 0 bridgehead atoms. The highest BCUT2D eigenvalue weighted by molar-refractivity contribution is 7.99. The van der Waals surface area contributed by atoms with Gasteiger partial charge in [-0.3, -0.25) is 4.79 Å². The summed E-state index contributed by atoms with van der Waals surface area (Å²) in [5, 5.41) is 2.99. The summed E-state index contributed by atoms with van der Waals surface area (Å²) in [7, 11) is 0. The zero-order chi connectivity index (χ0) is 20.1. The van der Waals surface area contributed by atoms with E-state index in [0.717, 1.165) is 34.9 Å². The lowest BCUT2D eigenvalue weighted by Crippen LogP contribution is -2.35. The number of carbonyl (C=O) groups excluding carboxylic acids is 2. The standard InChI is InChI=1S/C22H27N3O2S/c1-4-7-14-24(5-2)22(27)23-16-12-13-20-18(15-16)25(6-3)21(26)17-10-8-9-11-19(17)28-20/h8-13,15H,4-7,14H2,1-3H3,(H,23,27). The van der Waals surface area contributed by atoms with Gasteiger partial charge < -0.3 is 15.1 Å². The second-order valence-corrected chi connectivity index (χ2v) is 7.78. The SMILES string of the molecule is CCCCN(CC)C(=O)Nc1ccc2c(c1)N(CC)C(=O)c1ccccc1S2. The van der Waals surface area contributed by atoms with E-state index in [9.17, 15) is 9.59 Å². The molecule has 0 radical (unpaired) electrons. The minimum absolute atomic E-state index is 0.00837. The number of hydrogen-bond donors (Lipinski definition) is 1. The molecule has 0 saturated carbocycles. The summed E-state index contributed by atoms with van der Waals surface area (Å²) in [5.74, 6) is -0.00837. The number of rotatable bonds is 6. The van der Waals surface area contributed by atoms with Gasteiger partial charge in [0.05, 0.1) is 11.3 Å². The topological polar surface area (TPSA) is 52.7 Å². The van der Waals surface area contributed by atoms with E-state index in [1.807, 2.05) is 61.2 Å². The number of hydrogen-bond acceptors (Lipinski definition) is 3. The largest absolute Gasteiger partial charge is 0.325 e. The molecule has 3 rings (SSSR count). The van der Waals surface area contributed by atoms with E-state index in [1.54, 1.807) is 16.7 Å². The Morgan fingerprint density at radius 1 is 1.11 bits per heavy atom. The van der Waals surface area contributed by atoms with Crippen molar-refractivity contribution in [2.24, 2.45) is 0 Å². The lowest BCUT2D eigenvalue weighted by molar-refractivity contribution is 0.0985. The van der Waals surface area contributed by atoms with Gasteiger partial charge in [0.1, 0.15) is 0 Å². The van der Waals surface area contributed by atoms with Crippen molar-refractivity contribution in [1.29, 1.82) is 0 Å². The van der Waals surface area contributed by atoms with E-state index in [2.05, 4.69) is 12.2 Å². The highest BCUT2D eigenvalue weighted by Crippen LogP contribution is 2.42. The zero-order valence-corrected chi connectivity index (χ0v) is 17.5. The quantitative estimate of drug-likeness (QED) is 0.703. The second-order valence-electron chi connectivity index (χ2n) is 6.69. The maximum absolute atomic E-state index is 13.1. The molecule has 0 spiro atoms. The third kappa shape index (κ3) is 4.17. The predicted molar refractivity (Wildman–Crippen MR) is 116 cm³/mol. The third-order valence-electron chi connectivity index (χ3n) is 4.85. The summed E-state index contributed by atoms with van der Waals surface area (Å²) >= 11 is 1.59. The fraction of sp³-hybridized carbons (Fsp3) is 0.364. The summed E-state index contributed by atoms with van der Waals surface area (Å²) in [6.07, 6.45) is 2.03. The first-order valence-electron chi connectivity index (χ1n) is 9.87. The van der Waals surface area contributed by atoms with Crippen LogP contribution >= 0.6 is 11.8 Å². The number of fused-ring (bicyclic) bond motifs is 2. The molecule has 0 unspecified atom stereocenters. The Balaban J connectivity index is 1.89. The molecule has 0 fully saturated rings. The molecule has 1 aliphatic heterocycles. The van der Waals surface area contributed by atoms with Gasteiger partial charge in [-0.1, -0.05) is 37.2 Å². The normalized spacial score (nSPS) is 12.8. The van der Waals surface area contributed by atoms with Crippen LogP contribution < -0.4 is 10.2 Å². The number of nitrogens with one attached hydrogen (secondary N) is 1. The smallest absolute Gasteiger partial charge is 0.321 e. The minimum Gasteiger partial charge on any atom is -0.325 e. The molecule has 2 aromatic carbocycles. The monoisotopic (exact) mass is 397 g/mol. The first-order chi connectivity index (χ1) is 13.6. The minimum atomic E-state index is -0.102. The molecule has 1 aliphatic rings. The number of unbranched alkanes of at least 4 members (excludes halogenated alkanes) is 1. The van der Waals surface area contributed by atoms with Crippen LogP contribution in [0.15, 0.2) is 52.3 Å². The van der Waals surface area contributed by atoms with Gasteiger partial charge in [0.15, 0.2) is 0 Å². The molecule has 148 valence electrons. The van der Waals surface area contributed by atoms with Crippen molar-refractivity contribution >= 4 is 35.1 Å². The van der Waals surface area contributed by atoms with Crippen LogP contribution in [0.1, 0.15) is 44.0 Å². The number of urea groups is 1. The van der Waals surface area contributed by atoms with Crippen molar-refractivity contribution in [3.8, 4) is 0 Å². The molecule has 1 N–H and O–H groups in total. The molecular formula is C22H27N3O2S. The zero-order valence-electron chi connectivity index (χ0n) is 16.7. The van der Waals surface area contributed by atoms with E-state index >= 15 is 0 Å². The van der Waals surface area contributed by atoms with Crippen LogP contribution in [0.4, 0.5) is 16.2 Å². The Hall–Kier alpha value is -2.47. The Bertz CT molecular complexity index is 869. The van der Waals surface area contributed by atoms with E-state index in [-0.39, 0.29) is 11.9 Å². The van der Waals surface area contributed by atoms with Gasteiger partial charge in [-0.15, -0.1) is 0 Å². The highest BCUT2D eigenvalue weighted by Gasteiger charge is 2.26. The van der Waals surface area contributed by atoms with Crippen LogP contribution in [0.5, 0.6) is 0 Å². The van der Waals surface area contributed by atoms with Gasteiger partial charge >= 0.3 is 6.03 Å². The lowest BCUT2D eigenvalue weighted by atomic mass is 10.1. The number of carbonyl (C=O) groups is 2. The summed E-state index contributed by atoms with van der Waals surface area (Å²) < 4.78 is 0. The van der Waals surface area contributed by atoms with Crippen LogP contribution in [-0.4, -0.2) is 36.5 Å². The van der Waals surface area contributed by atoms with Crippen molar-refractivity contribution < 1.29 is 9.59 Å². The molecule has 0 aromatic heterocycles. The summed E-state index contributed by atoms with van der Waals surface area (Å²) in [4.78, 5) is 31.2. The first-order valence-corrected chi connectivity index (χ1v) is 10.7. The molecule has 1 heterocycles. The van der Waals surface area contributed by atoms with E-state index in [4.69, 9.17) is 0 Å². The Morgan fingerprint density at radius 2 is 1.89 bits per heavy atom. The van der Waals surface area contributed by atoms with Gasteiger partial charge in [-0.2, -0.15) is 0 Å². The van der Waals surface area contributed by atoms with Gasteiger partial charge in [0, 0.05) is 35.1 Å². The maximum Gasteiger partial charge on any atom is 0.321 e. The molecular weight excluding hydrogens is 370 g/mol. The van der Waals surface area contributed by atoms with Crippen LogP contribution in [0.25, 0.3) is 0 Å². The van der Waals surface area contributed by atoms with Crippen molar-refractivity contribution in [2.75, 3.05) is 29.9 Å². The van der Waals surface area contributed by atoms with E-state index in [0.29, 0.717) is 24.3 Å². The average molecular weight is 398 g/mol. The van der Waals surface area contributed by atoms with Crippen molar-refractivity contribution in [3.63, 3.8) is 0 Å². The predicted octanol–water partition coefficient (Wildman–Crippen LogP) is 5.47. The second kappa shape index (κ2) is 9.15. The number of benzene rings is 2. The summed E-state index contributed by atoms with van der Waals surface area (Å²) in [6, 6.07) is 13.4. The lowest BCUT2D eigenvalue weighted by Gasteiger charge is -2.24. The third-order valence-corrected chi connectivity index (χ3v) is 5.99. The highest BCUT2D eigenvalue weighted by atomic mass is 32.2. The fourth-order valence-electron chi connectivity index (χ4n) is 3.27. The van der Waals surface area contributed by atoms with Crippen LogP contribution in [0.2, 0.25) is 0 Å². The van der Waals surface area contributed by atoms with E-state index < -0.39 is 0 Å². The summed E-state index contributed by atoms with van der Waals surface area (Å²) in [5.41, 5.74) is 2.26. The Labute approximate surface area is 171 Å². The van der Waals surface area contributed by atoms with Crippen LogP contribution in [0, 0.1) is 0 Å². The van der Waals surface area contributed by atoms with Gasteiger partial charge in [-0.25, -0.2) is 4.79 Å². The van der Waals surface area contributed by atoms with E-state index in [1.165, 1.54) is 0 Å². The molecule has 6 heteroatoms. The molecule has 0 saturated heterocycles. The number of anilines is 2. The average Bonchev–Trinajstić information content (AvgIpc) is 2.82. The Kier molecular flexibility index (Phi) is 6.62. The maximum atomic E-state index is 13.1. The van der Waals surface area contributed by atoms with Crippen LogP contribution in [-0.2, 0) is 0 Å². The van der Waals surface area contributed by atoms with Crippen molar-refractivity contribution in [2.45, 2.75) is 43.4 Å². The molecule has 3 amide bonds. The van der Waals surface area contributed by atoms with Crippen LogP contribution in [0.3, 0.4) is 0 Å². The van der Waals surface area contributed by atoms with Crippen molar-refractivity contribution in [3.05, 3.63) is 48.0 Å². The van der Waals surface area contributed by atoms with Crippen molar-refractivity contribution in [1.82, 2.24) is 4.90 Å². The van der Waals surface area contributed by atoms with Gasteiger partial charge in [0.2, 0.25) is 0 Å². The molecule has 5 nitrogen and oxygen atoms in total. The molecule has 0 atom stereocenters. The van der Waals surface area contributed by atoms with Gasteiger partial charge in [0.25, 0.3) is 5.91 Å². The molecule has 28 heavy (non-hydrogen) atoms.